The third-order valence-corrected chi connectivity index (χ3v) is 6.92. The number of carbonyl (C=O) groups is 1. The molecule has 4 aromatic carbocycles. The molecule has 1 aromatic heterocycles. The van der Waals surface area contributed by atoms with Crippen molar-refractivity contribution in [3.05, 3.63) is 119 Å². The first kappa shape index (κ1) is 27.0. The predicted octanol–water partition coefficient (Wildman–Crippen LogP) is 7.66. The molecule has 8 heteroatoms. The molecule has 0 radical (unpaired) electrons. The summed E-state index contributed by atoms with van der Waals surface area (Å²) in [6.07, 6.45) is -4.52. The van der Waals surface area contributed by atoms with Crippen molar-refractivity contribution in [2.45, 2.75) is 32.1 Å². The lowest BCUT2D eigenvalue weighted by molar-refractivity contribution is -0.142. The Labute approximate surface area is 230 Å². The van der Waals surface area contributed by atoms with Crippen LogP contribution >= 0.6 is 0 Å². The molecule has 5 rings (SSSR count). The van der Waals surface area contributed by atoms with E-state index in [9.17, 15) is 18.0 Å². The highest BCUT2D eigenvalue weighted by Crippen LogP contribution is 2.38. The highest BCUT2D eigenvalue weighted by atomic mass is 19.4. The molecule has 204 valence electrons. The summed E-state index contributed by atoms with van der Waals surface area (Å²) in [5, 5.41) is 8.30. The third kappa shape index (κ3) is 5.71. The minimum atomic E-state index is -4.52. The highest BCUT2D eigenvalue weighted by Gasteiger charge is 2.34. The van der Waals surface area contributed by atoms with Gasteiger partial charge in [0.1, 0.15) is 5.52 Å². The molecule has 1 N–H and O–H groups in total. The number of alkyl halides is 3. The van der Waals surface area contributed by atoms with Gasteiger partial charge in [-0.25, -0.2) is 0 Å². The molecule has 1 atom stereocenters. The van der Waals surface area contributed by atoms with Crippen LogP contribution in [0.5, 0.6) is 0 Å². The molecule has 0 saturated heterocycles. The lowest BCUT2D eigenvalue weighted by atomic mass is 10.00. The molecule has 5 aromatic rings. The number of nitrogens with one attached hydrogen (secondary N) is 1. The van der Waals surface area contributed by atoms with Gasteiger partial charge in [0, 0.05) is 23.2 Å². The number of rotatable bonds is 8. The Morgan fingerprint density at radius 2 is 1.65 bits per heavy atom. The van der Waals surface area contributed by atoms with Gasteiger partial charge < -0.3 is 10.1 Å². The van der Waals surface area contributed by atoms with Crippen LogP contribution in [0.15, 0.2) is 97.1 Å². The van der Waals surface area contributed by atoms with Crippen LogP contribution in [0.1, 0.15) is 35.1 Å². The van der Waals surface area contributed by atoms with Gasteiger partial charge in [-0.3, -0.25) is 9.48 Å². The topological polar surface area (TPSA) is 56.1 Å². The quantitative estimate of drug-likeness (QED) is 0.204. The van der Waals surface area contributed by atoms with E-state index in [1.807, 2.05) is 78.9 Å². The van der Waals surface area contributed by atoms with E-state index < -0.39 is 11.7 Å². The fraction of sp³-hybridized carbons (Fsp3) is 0.188. The fourth-order valence-electron chi connectivity index (χ4n) is 4.77. The number of aromatic nitrogens is 2. The number of halogens is 3. The number of anilines is 1. The van der Waals surface area contributed by atoms with Crippen molar-refractivity contribution < 1.29 is 22.7 Å². The number of methoxy groups -OCH3 is 1. The molecule has 0 aliphatic rings. The predicted molar refractivity (Wildman–Crippen MR) is 150 cm³/mol. The number of esters is 1. The second-order valence-corrected chi connectivity index (χ2v) is 9.61. The second-order valence-electron chi connectivity index (χ2n) is 9.61. The van der Waals surface area contributed by atoms with Crippen LogP contribution in [0.4, 0.5) is 18.9 Å². The number of benzene rings is 4. The summed E-state index contributed by atoms with van der Waals surface area (Å²) in [5.41, 5.74) is 4.19. The van der Waals surface area contributed by atoms with Crippen molar-refractivity contribution in [1.82, 2.24) is 9.78 Å². The van der Waals surface area contributed by atoms with Crippen LogP contribution in [0.2, 0.25) is 0 Å². The Morgan fingerprint density at radius 1 is 0.925 bits per heavy atom. The Bertz CT molecular complexity index is 1630. The zero-order valence-electron chi connectivity index (χ0n) is 22.1. The molecule has 0 aliphatic carbocycles. The van der Waals surface area contributed by atoms with E-state index in [2.05, 4.69) is 10.4 Å². The minimum Gasteiger partial charge on any atom is -0.469 e. The molecule has 0 aliphatic heterocycles. The van der Waals surface area contributed by atoms with E-state index in [4.69, 9.17) is 4.74 Å². The summed E-state index contributed by atoms with van der Waals surface area (Å²) >= 11 is 0. The summed E-state index contributed by atoms with van der Waals surface area (Å²) in [5.74, 6) is -0.638. The molecule has 1 heterocycles. The van der Waals surface area contributed by atoms with E-state index in [-0.39, 0.29) is 17.4 Å². The lowest BCUT2D eigenvalue weighted by Crippen LogP contribution is -2.10. The molecule has 0 bridgehead atoms. The summed E-state index contributed by atoms with van der Waals surface area (Å²) in [6, 6.07) is 29.0. The van der Waals surface area contributed by atoms with Crippen molar-refractivity contribution in [2.24, 2.45) is 0 Å². The number of hydrogen-bond acceptors (Lipinski definition) is 4. The molecular formula is C32H28F3N3O2. The van der Waals surface area contributed by atoms with Crippen LogP contribution in [0.3, 0.4) is 0 Å². The van der Waals surface area contributed by atoms with Crippen LogP contribution in [0, 0.1) is 0 Å². The van der Waals surface area contributed by atoms with Gasteiger partial charge in [-0.05, 0) is 41.8 Å². The summed E-state index contributed by atoms with van der Waals surface area (Å²) in [4.78, 5) is 11.8. The van der Waals surface area contributed by atoms with Gasteiger partial charge in [-0.15, -0.1) is 0 Å². The van der Waals surface area contributed by atoms with Crippen LogP contribution in [0.25, 0.3) is 22.2 Å². The van der Waals surface area contributed by atoms with Gasteiger partial charge in [0.2, 0.25) is 0 Å². The van der Waals surface area contributed by atoms with Crippen molar-refractivity contribution >= 4 is 22.6 Å². The van der Waals surface area contributed by atoms with Gasteiger partial charge >= 0.3 is 12.1 Å². The van der Waals surface area contributed by atoms with E-state index in [1.165, 1.54) is 13.2 Å². The average molecular weight is 544 g/mol. The van der Waals surface area contributed by atoms with Gasteiger partial charge in [0.25, 0.3) is 0 Å². The minimum absolute atomic E-state index is 0.0689. The normalized spacial score (nSPS) is 12.3. The zero-order valence-corrected chi connectivity index (χ0v) is 22.1. The maximum Gasteiger partial charge on any atom is 0.418 e. The Balaban J connectivity index is 1.46. The number of fused-ring (bicyclic) bond motifs is 1. The maximum absolute atomic E-state index is 13.9. The molecule has 0 spiro atoms. The van der Waals surface area contributed by atoms with Gasteiger partial charge in [0.05, 0.1) is 30.8 Å². The van der Waals surface area contributed by atoms with Gasteiger partial charge in [0.15, 0.2) is 0 Å². The average Bonchev–Trinajstić information content (AvgIpc) is 3.33. The molecule has 5 nitrogen and oxygen atoms in total. The summed E-state index contributed by atoms with van der Waals surface area (Å²) in [7, 11) is 1.37. The van der Waals surface area contributed by atoms with Crippen LogP contribution < -0.4 is 5.32 Å². The van der Waals surface area contributed by atoms with Crippen molar-refractivity contribution in [1.29, 1.82) is 0 Å². The van der Waals surface area contributed by atoms with E-state index in [0.717, 1.165) is 34.0 Å². The first-order valence-electron chi connectivity index (χ1n) is 12.9. The monoisotopic (exact) mass is 543 g/mol. The fourth-order valence-corrected chi connectivity index (χ4v) is 4.77. The summed E-state index contributed by atoms with van der Waals surface area (Å²) < 4.78 is 48.0. The van der Waals surface area contributed by atoms with Crippen molar-refractivity contribution in [3.63, 3.8) is 0 Å². The molecular weight excluding hydrogens is 515 g/mol. The first-order chi connectivity index (χ1) is 19.2. The maximum atomic E-state index is 13.9. The smallest absolute Gasteiger partial charge is 0.418 e. The first-order valence-corrected chi connectivity index (χ1v) is 12.9. The van der Waals surface area contributed by atoms with Gasteiger partial charge in [-0.2, -0.15) is 18.3 Å². The van der Waals surface area contributed by atoms with Crippen LogP contribution in [-0.4, -0.2) is 22.9 Å². The van der Waals surface area contributed by atoms with Crippen LogP contribution in [-0.2, 0) is 28.8 Å². The number of nitrogens with zero attached hydrogens (tertiary/aromatic N) is 2. The standard InChI is InChI=1S/C32H28F3N3O2/c1-21(31(39)40-2)24-16-14-22(15-17-24)19-36-26-11-6-10-25(18-26)30-27-12-7-13-28(32(33,34)35)29(27)37-38(30)20-23-8-4-3-5-9-23/h3-18,21,36H,19-20H2,1-2H3. The third-order valence-electron chi connectivity index (χ3n) is 6.92. The molecule has 0 saturated carbocycles. The van der Waals surface area contributed by atoms with Crippen molar-refractivity contribution in [3.8, 4) is 11.3 Å². The number of carbonyl (C=O) groups excluding carboxylic acids is 1. The summed E-state index contributed by atoms with van der Waals surface area (Å²) in [6.45, 7) is 2.66. The molecule has 0 amide bonds. The number of hydrogen-bond donors (Lipinski definition) is 1. The van der Waals surface area contributed by atoms with E-state index in [0.29, 0.717) is 24.2 Å². The Morgan fingerprint density at radius 3 is 2.35 bits per heavy atom. The molecule has 0 fully saturated rings. The largest absolute Gasteiger partial charge is 0.469 e. The highest BCUT2D eigenvalue weighted by molar-refractivity contribution is 5.95. The number of ether oxygens (including phenoxy) is 1. The van der Waals surface area contributed by atoms with E-state index >= 15 is 0 Å². The Kier molecular flexibility index (Phi) is 7.60. The SMILES string of the molecule is COC(=O)C(C)c1ccc(CNc2cccc(-c3c4cccc(C(F)(F)F)c4nn3Cc3ccccc3)c2)cc1. The molecule has 40 heavy (non-hydrogen) atoms. The molecule has 1 unspecified atom stereocenters. The lowest BCUT2D eigenvalue weighted by Gasteiger charge is -2.13. The second kappa shape index (κ2) is 11.3. The van der Waals surface area contributed by atoms with E-state index in [1.54, 1.807) is 17.7 Å². The zero-order chi connectivity index (χ0) is 28.3. The van der Waals surface area contributed by atoms with Crippen molar-refractivity contribution in [2.75, 3.05) is 12.4 Å². The Hall–Kier alpha value is -4.59. The van der Waals surface area contributed by atoms with Gasteiger partial charge in [-0.1, -0.05) is 78.9 Å².